The third kappa shape index (κ3) is 6.01. The predicted octanol–water partition coefficient (Wildman–Crippen LogP) is 4.25. The van der Waals surface area contributed by atoms with Gasteiger partial charge in [-0.15, -0.1) is 0 Å². The van der Waals surface area contributed by atoms with Crippen LogP contribution in [0.5, 0.6) is 0 Å². The van der Waals surface area contributed by atoms with Gasteiger partial charge in [0.05, 0.1) is 33.9 Å². The van der Waals surface area contributed by atoms with E-state index < -0.39 is 90.1 Å². The van der Waals surface area contributed by atoms with Crippen molar-refractivity contribution in [2.24, 2.45) is 0 Å². The lowest BCUT2D eigenvalue weighted by molar-refractivity contribution is -0.143. The van der Waals surface area contributed by atoms with Crippen LogP contribution in [-0.2, 0) is 39.5 Å². The van der Waals surface area contributed by atoms with Crippen molar-refractivity contribution in [2.45, 2.75) is 28.3 Å². The molecule has 1 heterocycles. The standard InChI is InChI=1S/C17H11F9N4O4S2/c18-15(19,20)7-1-8(16(21,22)23)3-9(2-7)29-14(31)30-35(32)12-5-13-11(4-10(12)17(24,25)26)27-6-28-36(13,33)34/h1-5,27-28H,6H2,(H2,29,30,31). The first-order valence-electron chi connectivity index (χ1n) is 9.07. The van der Waals surface area contributed by atoms with E-state index in [0.29, 0.717) is 12.1 Å². The van der Waals surface area contributed by atoms with Gasteiger partial charge < -0.3 is 10.6 Å². The van der Waals surface area contributed by atoms with Crippen LogP contribution in [0.3, 0.4) is 0 Å². The second kappa shape index (κ2) is 9.11. The highest BCUT2D eigenvalue weighted by atomic mass is 32.2. The van der Waals surface area contributed by atoms with E-state index in [4.69, 9.17) is 0 Å². The van der Waals surface area contributed by atoms with Crippen molar-refractivity contribution in [1.29, 1.82) is 0 Å². The number of halogens is 9. The number of benzene rings is 2. The topological polar surface area (TPSA) is 116 Å². The summed E-state index contributed by atoms with van der Waals surface area (Å²) in [6.45, 7) is -0.452. The van der Waals surface area contributed by atoms with Crippen LogP contribution in [0.2, 0.25) is 0 Å². The van der Waals surface area contributed by atoms with E-state index in [1.165, 1.54) is 10.0 Å². The zero-order chi connectivity index (χ0) is 27.3. The average molecular weight is 570 g/mol. The fraction of sp³-hybridized carbons (Fsp3) is 0.235. The van der Waals surface area contributed by atoms with Gasteiger partial charge in [-0.25, -0.2) is 17.4 Å². The number of urea groups is 1. The van der Waals surface area contributed by atoms with Gasteiger partial charge in [-0.2, -0.15) is 44.2 Å². The molecule has 0 aromatic heterocycles. The molecule has 0 fully saturated rings. The van der Waals surface area contributed by atoms with Crippen LogP contribution in [-0.4, -0.2) is 25.3 Å². The van der Waals surface area contributed by atoms with Gasteiger partial charge in [0.1, 0.15) is 4.90 Å². The van der Waals surface area contributed by atoms with Gasteiger partial charge in [0.2, 0.25) is 10.0 Å². The SMILES string of the molecule is O=C(Nc1cc(C(F)(F)F)cc(C(F)(F)F)c1)NS(=O)c1cc2c(cc1C(F)(F)F)NCNS2(=O)=O. The Kier molecular flexibility index (Phi) is 6.96. The molecule has 0 saturated heterocycles. The Labute approximate surface area is 197 Å². The molecule has 0 saturated carbocycles. The summed E-state index contributed by atoms with van der Waals surface area (Å²) in [5, 5.41) is 3.87. The van der Waals surface area contributed by atoms with Crippen molar-refractivity contribution in [3.63, 3.8) is 0 Å². The number of sulfonamides is 1. The van der Waals surface area contributed by atoms with Crippen LogP contribution >= 0.6 is 0 Å². The van der Waals surface area contributed by atoms with Gasteiger partial charge in [-0.1, -0.05) is 0 Å². The molecule has 3 rings (SSSR count). The maximum atomic E-state index is 13.5. The zero-order valence-electron chi connectivity index (χ0n) is 16.9. The molecule has 19 heteroatoms. The smallest absolute Gasteiger partial charge is 0.370 e. The molecule has 198 valence electrons. The van der Waals surface area contributed by atoms with Crippen molar-refractivity contribution in [2.75, 3.05) is 17.3 Å². The average Bonchev–Trinajstić information content (AvgIpc) is 2.70. The quantitative estimate of drug-likeness (QED) is 0.412. The zero-order valence-corrected chi connectivity index (χ0v) is 18.6. The highest BCUT2D eigenvalue weighted by Gasteiger charge is 2.39. The van der Waals surface area contributed by atoms with E-state index >= 15 is 0 Å². The molecule has 2 aromatic rings. The molecular weight excluding hydrogens is 559 g/mol. The van der Waals surface area contributed by atoms with Gasteiger partial charge in [-0.3, -0.25) is 4.72 Å². The van der Waals surface area contributed by atoms with Crippen LogP contribution in [0, 0.1) is 0 Å². The summed E-state index contributed by atoms with van der Waals surface area (Å²) in [6.07, 6.45) is -15.7. The molecule has 36 heavy (non-hydrogen) atoms. The first-order valence-corrected chi connectivity index (χ1v) is 11.7. The summed E-state index contributed by atoms with van der Waals surface area (Å²) in [4.78, 5) is 10.1. The Morgan fingerprint density at radius 2 is 1.42 bits per heavy atom. The first-order chi connectivity index (χ1) is 16.3. The number of carbonyl (C=O) groups excluding carboxylic acids is 1. The third-order valence-electron chi connectivity index (χ3n) is 4.45. The van der Waals surface area contributed by atoms with Gasteiger partial charge in [-0.05, 0) is 30.3 Å². The predicted molar refractivity (Wildman–Crippen MR) is 105 cm³/mol. The van der Waals surface area contributed by atoms with E-state index in [2.05, 4.69) is 5.32 Å². The molecule has 2 aromatic carbocycles. The summed E-state index contributed by atoms with van der Waals surface area (Å²) in [5.74, 6) is 0. The molecule has 0 radical (unpaired) electrons. The van der Waals surface area contributed by atoms with Gasteiger partial charge >= 0.3 is 24.6 Å². The molecule has 2 amide bonds. The van der Waals surface area contributed by atoms with E-state index in [0.717, 1.165) is 0 Å². The first kappa shape index (κ1) is 27.5. The number of fused-ring (bicyclic) bond motifs is 1. The molecule has 8 nitrogen and oxygen atoms in total. The van der Waals surface area contributed by atoms with E-state index in [1.807, 2.05) is 4.72 Å². The van der Waals surface area contributed by atoms with Crippen molar-refractivity contribution in [3.8, 4) is 0 Å². The van der Waals surface area contributed by atoms with Gasteiger partial charge in [0, 0.05) is 5.69 Å². The number of rotatable bonds is 3. The minimum atomic E-state index is -5.25. The number of amides is 2. The Morgan fingerprint density at radius 3 is 1.92 bits per heavy atom. The number of carbonyl (C=O) groups is 1. The summed E-state index contributed by atoms with van der Waals surface area (Å²) >= 11 is 0. The molecule has 0 bridgehead atoms. The molecule has 1 aliphatic rings. The highest BCUT2D eigenvalue weighted by Crippen LogP contribution is 2.39. The number of hydrogen-bond donors (Lipinski definition) is 4. The number of nitrogens with one attached hydrogen (secondary N) is 4. The van der Waals surface area contributed by atoms with Crippen molar-refractivity contribution < 1.29 is 56.9 Å². The Balaban J connectivity index is 1.95. The number of alkyl halides is 9. The summed E-state index contributed by atoms with van der Waals surface area (Å²) in [5.41, 5.74) is -6.78. The van der Waals surface area contributed by atoms with Crippen LogP contribution in [0.15, 0.2) is 40.1 Å². The fourth-order valence-electron chi connectivity index (χ4n) is 2.92. The fourth-order valence-corrected chi connectivity index (χ4v) is 5.04. The van der Waals surface area contributed by atoms with E-state index in [-0.39, 0.29) is 18.2 Å². The Hall–Kier alpha value is -3.06. The maximum Gasteiger partial charge on any atom is 0.417 e. The molecule has 1 aliphatic heterocycles. The van der Waals surface area contributed by atoms with Crippen LogP contribution in [0.25, 0.3) is 0 Å². The Bertz CT molecular complexity index is 1310. The van der Waals surface area contributed by atoms with Gasteiger partial charge in [0.25, 0.3) is 0 Å². The maximum absolute atomic E-state index is 13.5. The number of hydrogen-bond acceptors (Lipinski definition) is 5. The monoisotopic (exact) mass is 570 g/mol. The number of anilines is 2. The second-order valence-corrected chi connectivity index (χ2v) is 9.88. The van der Waals surface area contributed by atoms with Crippen molar-refractivity contribution in [1.82, 2.24) is 9.44 Å². The van der Waals surface area contributed by atoms with Crippen LogP contribution in [0.1, 0.15) is 16.7 Å². The third-order valence-corrected chi connectivity index (χ3v) is 7.00. The molecule has 0 aliphatic carbocycles. The Morgan fingerprint density at radius 1 is 0.861 bits per heavy atom. The highest BCUT2D eigenvalue weighted by molar-refractivity contribution is 7.89. The second-order valence-electron chi connectivity index (χ2n) is 6.96. The van der Waals surface area contributed by atoms with Gasteiger partial charge in [0.15, 0.2) is 11.0 Å². The largest absolute Gasteiger partial charge is 0.417 e. The molecule has 1 unspecified atom stereocenters. The normalized spacial score (nSPS) is 16.5. The summed E-state index contributed by atoms with van der Waals surface area (Å²) in [7, 11) is -7.50. The minimum Gasteiger partial charge on any atom is -0.370 e. The molecule has 4 N–H and O–H groups in total. The molecule has 1 atom stereocenters. The molecular formula is C17H11F9N4O4S2. The lowest BCUT2D eigenvalue weighted by Gasteiger charge is -2.22. The van der Waals surface area contributed by atoms with Crippen molar-refractivity contribution in [3.05, 3.63) is 47.0 Å². The van der Waals surface area contributed by atoms with E-state index in [1.54, 1.807) is 0 Å². The lowest BCUT2D eigenvalue weighted by Crippen LogP contribution is -2.36. The van der Waals surface area contributed by atoms with Crippen LogP contribution in [0.4, 0.5) is 55.7 Å². The van der Waals surface area contributed by atoms with Crippen molar-refractivity contribution >= 4 is 38.4 Å². The molecule has 0 spiro atoms. The minimum absolute atomic E-state index is 0.113. The lowest BCUT2D eigenvalue weighted by atomic mass is 10.1. The van der Waals surface area contributed by atoms with Crippen LogP contribution < -0.4 is 20.1 Å². The summed E-state index contributed by atoms with van der Waals surface area (Å²) in [6, 6.07) is -1.07. The summed E-state index contributed by atoms with van der Waals surface area (Å²) < 4.78 is 158. The van der Waals surface area contributed by atoms with E-state index in [9.17, 15) is 56.9 Å².